The van der Waals surface area contributed by atoms with Crippen LogP contribution in [-0.2, 0) is 11.3 Å². The maximum absolute atomic E-state index is 12.6. The summed E-state index contributed by atoms with van der Waals surface area (Å²) in [5, 5.41) is 9.84. The highest BCUT2D eigenvalue weighted by molar-refractivity contribution is 7.99. The Labute approximate surface area is 189 Å². The third kappa shape index (κ3) is 5.55. The summed E-state index contributed by atoms with van der Waals surface area (Å²) in [4.78, 5) is 16.8. The van der Waals surface area contributed by atoms with Gasteiger partial charge in [-0.25, -0.2) is 0 Å². The number of thioether (sulfide) groups is 1. The van der Waals surface area contributed by atoms with E-state index in [-0.39, 0.29) is 11.7 Å². The number of aromatic nitrogens is 2. The van der Waals surface area contributed by atoms with Gasteiger partial charge in [-0.2, -0.15) is 0 Å². The molecule has 3 aromatic rings. The quantitative estimate of drug-likeness (QED) is 0.503. The lowest BCUT2D eigenvalue weighted by Gasteiger charge is -2.34. The Bertz CT molecular complexity index is 987. The Kier molecular flexibility index (Phi) is 6.94. The van der Waals surface area contributed by atoms with Crippen LogP contribution in [0, 0.1) is 0 Å². The number of hydrogen-bond donors (Lipinski definition) is 0. The summed E-state index contributed by atoms with van der Waals surface area (Å²) < 4.78 is 5.65. The summed E-state index contributed by atoms with van der Waals surface area (Å²) in [6, 6.07) is 15.1. The Morgan fingerprint density at radius 2 is 1.57 bits per heavy atom. The van der Waals surface area contributed by atoms with E-state index in [0.29, 0.717) is 29.2 Å². The monoisotopic (exact) mass is 462 g/mol. The Morgan fingerprint density at radius 1 is 0.933 bits per heavy atom. The van der Waals surface area contributed by atoms with Gasteiger partial charge in [-0.1, -0.05) is 47.1 Å². The molecule has 1 fully saturated rings. The average molecular weight is 463 g/mol. The van der Waals surface area contributed by atoms with Crippen LogP contribution in [0.25, 0.3) is 11.5 Å². The molecule has 0 spiro atoms. The minimum Gasteiger partial charge on any atom is -0.411 e. The number of carbonyl (C=O) groups is 1. The average Bonchev–Trinajstić information content (AvgIpc) is 3.24. The Hall–Kier alpha value is -2.06. The summed E-state index contributed by atoms with van der Waals surface area (Å²) in [5.74, 6) is 0.772. The van der Waals surface area contributed by atoms with Crippen molar-refractivity contribution in [2.24, 2.45) is 0 Å². The SMILES string of the molecule is O=C(CSc1nnc(-c2ccc(Cl)cc2)o1)N1CCN(Cc2ccc(Cl)cc2)CC1. The van der Waals surface area contributed by atoms with E-state index in [1.807, 2.05) is 41.3 Å². The molecule has 0 bridgehead atoms. The van der Waals surface area contributed by atoms with Gasteiger partial charge in [0.1, 0.15) is 0 Å². The van der Waals surface area contributed by atoms with E-state index < -0.39 is 0 Å². The van der Waals surface area contributed by atoms with E-state index in [1.165, 1.54) is 17.3 Å². The molecule has 0 saturated carbocycles. The van der Waals surface area contributed by atoms with Gasteiger partial charge in [0.2, 0.25) is 11.8 Å². The standard InChI is InChI=1S/C21H20Cl2N4O2S/c22-17-5-1-15(2-6-17)13-26-9-11-27(12-10-26)19(28)14-30-21-25-24-20(29-21)16-3-7-18(23)8-4-16/h1-8H,9-14H2. The van der Waals surface area contributed by atoms with Crippen LogP contribution in [0.3, 0.4) is 0 Å². The number of carbonyl (C=O) groups excluding carboxylic acids is 1. The molecule has 4 rings (SSSR count). The fourth-order valence-corrected chi connectivity index (χ4v) is 4.11. The molecule has 1 aliphatic rings. The van der Waals surface area contributed by atoms with Gasteiger partial charge in [-0.15, -0.1) is 10.2 Å². The summed E-state index contributed by atoms with van der Waals surface area (Å²) in [6.45, 7) is 3.99. The molecule has 0 unspecified atom stereocenters. The van der Waals surface area contributed by atoms with Crippen molar-refractivity contribution in [3.05, 3.63) is 64.1 Å². The first-order valence-electron chi connectivity index (χ1n) is 9.53. The predicted octanol–water partition coefficient (Wildman–Crippen LogP) is 4.48. The van der Waals surface area contributed by atoms with Crippen LogP contribution in [-0.4, -0.2) is 57.8 Å². The van der Waals surface area contributed by atoms with Gasteiger partial charge >= 0.3 is 0 Å². The topological polar surface area (TPSA) is 62.5 Å². The normalized spacial score (nSPS) is 14.8. The molecule has 1 amide bonds. The van der Waals surface area contributed by atoms with Crippen molar-refractivity contribution >= 4 is 40.9 Å². The summed E-state index contributed by atoms with van der Waals surface area (Å²) in [5.41, 5.74) is 2.02. The van der Waals surface area contributed by atoms with E-state index in [0.717, 1.165) is 30.2 Å². The number of halogens is 2. The molecule has 0 atom stereocenters. The Balaban J connectivity index is 1.23. The smallest absolute Gasteiger partial charge is 0.277 e. The van der Waals surface area contributed by atoms with Gasteiger partial charge in [-0.05, 0) is 42.0 Å². The molecule has 0 radical (unpaired) electrons. The van der Waals surface area contributed by atoms with Gasteiger partial charge in [0.15, 0.2) is 0 Å². The second-order valence-corrected chi connectivity index (χ2v) is 8.75. The van der Waals surface area contributed by atoms with E-state index >= 15 is 0 Å². The largest absolute Gasteiger partial charge is 0.411 e. The van der Waals surface area contributed by atoms with Crippen LogP contribution in [0.1, 0.15) is 5.56 Å². The van der Waals surface area contributed by atoms with E-state index in [4.69, 9.17) is 27.6 Å². The summed E-state index contributed by atoms with van der Waals surface area (Å²) in [6.07, 6.45) is 0. The third-order valence-electron chi connectivity index (χ3n) is 4.86. The zero-order valence-corrected chi connectivity index (χ0v) is 18.5. The molecule has 6 nitrogen and oxygen atoms in total. The zero-order chi connectivity index (χ0) is 20.9. The van der Waals surface area contributed by atoms with Crippen LogP contribution in [0.5, 0.6) is 0 Å². The van der Waals surface area contributed by atoms with Gasteiger partial charge in [0.25, 0.3) is 5.22 Å². The number of benzene rings is 2. The number of rotatable bonds is 6. The van der Waals surface area contributed by atoms with E-state index in [2.05, 4.69) is 15.1 Å². The molecule has 2 aromatic carbocycles. The van der Waals surface area contributed by atoms with Crippen molar-refractivity contribution in [1.29, 1.82) is 0 Å². The lowest BCUT2D eigenvalue weighted by Crippen LogP contribution is -2.48. The van der Waals surface area contributed by atoms with E-state index in [1.54, 1.807) is 12.1 Å². The first-order chi connectivity index (χ1) is 14.6. The lowest BCUT2D eigenvalue weighted by atomic mass is 10.2. The van der Waals surface area contributed by atoms with Crippen LogP contribution in [0.4, 0.5) is 0 Å². The van der Waals surface area contributed by atoms with Crippen molar-refractivity contribution < 1.29 is 9.21 Å². The third-order valence-corrected chi connectivity index (χ3v) is 6.17. The molecule has 2 heterocycles. The molecule has 1 aromatic heterocycles. The van der Waals surface area contributed by atoms with Crippen molar-refractivity contribution in [2.45, 2.75) is 11.8 Å². The second-order valence-electron chi connectivity index (χ2n) is 6.95. The number of hydrogen-bond acceptors (Lipinski definition) is 6. The van der Waals surface area contributed by atoms with Crippen molar-refractivity contribution in [1.82, 2.24) is 20.0 Å². The molecule has 30 heavy (non-hydrogen) atoms. The number of piperazine rings is 1. The first-order valence-corrected chi connectivity index (χ1v) is 11.3. The minimum atomic E-state index is 0.0809. The fraction of sp³-hybridized carbons (Fsp3) is 0.286. The zero-order valence-electron chi connectivity index (χ0n) is 16.1. The maximum atomic E-state index is 12.6. The molecule has 9 heteroatoms. The maximum Gasteiger partial charge on any atom is 0.277 e. The van der Waals surface area contributed by atoms with Crippen LogP contribution < -0.4 is 0 Å². The van der Waals surface area contributed by atoms with Crippen molar-refractivity contribution in [2.75, 3.05) is 31.9 Å². The van der Waals surface area contributed by atoms with Crippen LogP contribution in [0.2, 0.25) is 10.0 Å². The molecule has 1 aliphatic heterocycles. The van der Waals surface area contributed by atoms with Gasteiger partial charge in [0.05, 0.1) is 5.75 Å². The molecular formula is C21H20Cl2N4O2S. The van der Waals surface area contributed by atoms with E-state index in [9.17, 15) is 4.79 Å². The van der Waals surface area contributed by atoms with Gasteiger partial charge < -0.3 is 9.32 Å². The Morgan fingerprint density at radius 3 is 2.23 bits per heavy atom. The van der Waals surface area contributed by atoms with Crippen molar-refractivity contribution in [3.63, 3.8) is 0 Å². The minimum absolute atomic E-state index is 0.0809. The molecule has 156 valence electrons. The lowest BCUT2D eigenvalue weighted by molar-refractivity contribution is -0.130. The number of amides is 1. The molecule has 1 saturated heterocycles. The van der Waals surface area contributed by atoms with Crippen LogP contribution >= 0.6 is 35.0 Å². The highest BCUT2D eigenvalue weighted by Gasteiger charge is 2.22. The number of nitrogens with zero attached hydrogens (tertiary/aromatic N) is 4. The van der Waals surface area contributed by atoms with Gasteiger partial charge in [0, 0.05) is 48.3 Å². The van der Waals surface area contributed by atoms with Gasteiger partial charge in [-0.3, -0.25) is 9.69 Å². The predicted molar refractivity (Wildman–Crippen MR) is 119 cm³/mol. The van der Waals surface area contributed by atoms with Crippen molar-refractivity contribution in [3.8, 4) is 11.5 Å². The molecule has 0 N–H and O–H groups in total. The summed E-state index contributed by atoms with van der Waals surface area (Å²) >= 11 is 13.1. The van der Waals surface area contributed by atoms with Crippen LogP contribution in [0.15, 0.2) is 58.2 Å². The molecule has 0 aliphatic carbocycles. The summed E-state index contributed by atoms with van der Waals surface area (Å²) in [7, 11) is 0. The first kappa shape index (κ1) is 21.2. The highest BCUT2D eigenvalue weighted by atomic mass is 35.5. The molecular weight excluding hydrogens is 443 g/mol. The second kappa shape index (κ2) is 9.83. The highest BCUT2D eigenvalue weighted by Crippen LogP contribution is 2.24. The fourth-order valence-electron chi connectivity index (χ4n) is 3.20.